The lowest BCUT2D eigenvalue weighted by Gasteiger charge is -2.33. The molecule has 1 saturated heterocycles. The van der Waals surface area contributed by atoms with Crippen LogP contribution in [-0.2, 0) is 6.42 Å². The molecule has 1 aromatic heterocycles. The summed E-state index contributed by atoms with van der Waals surface area (Å²) in [4.78, 5) is 7.07. The molecule has 0 amide bonds. The molecule has 0 bridgehead atoms. The van der Waals surface area contributed by atoms with Gasteiger partial charge >= 0.3 is 0 Å². The van der Waals surface area contributed by atoms with Crippen molar-refractivity contribution in [3.05, 3.63) is 11.1 Å². The first kappa shape index (κ1) is 11.2. The van der Waals surface area contributed by atoms with E-state index in [0.29, 0.717) is 11.9 Å². The van der Waals surface area contributed by atoms with E-state index in [4.69, 9.17) is 11.6 Å². The van der Waals surface area contributed by atoms with Gasteiger partial charge in [-0.3, -0.25) is 0 Å². The molecule has 1 fully saturated rings. The zero-order valence-electron chi connectivity index (χ0n) is 9.08. The van der Waals surface area contributed by atoms with E-state index in [2.05, 4.69) is 22.2 Å². The van der Waals surface area contributed by atoms with Crippen LogP contribution in [0.4, 0.5) is 5.13 Å². The summed E-state index contributed by atoms with van der Waals surface area (Å²) >= 11 is 7.47. The van der Waals surface area contributed by atoms with E-state index >= 15 is 0 Å². The fourth-order valence-corrected chi connectivity index (χ4v) is 3.20. The van der Waals surface area contributed by atoms with Crippen molar-refractivity contribution in [2.75, 3.05) is 17.3 Å². The van der Waals surface area contributed by atoms with E-state index in [-0.39, 0.29) is 0 Å². The summed E-state index contributed by atoms with van der Waals surface area (Å²) in [5.74, 6) is 0.665. The zero-order chi connectivity index (χ0) is 10.7. The second-order valence-corrected chi connectivity index (χ2v) is 5.31. The molecule has 1 atom stereocenters. The van der Waals surface area contributed by atoms with Crippen LogP contribution in [0.5, 0.6) is 0 Å². The number of aryl methyl sites for hydroxylation is 1. The standard InChI is InChI=1S/C11H17ClN2S/c1-9-4-2-3-7-14(9)11-13-10(5-6-12)8-15-11/h8-9H,2-7H2,1H3. The summed E-state index contributed by atoms with van der Waals surface area (Å²) in [5.41, 5.74) is 1.14. The maximum absolute atomic E-state index is 5.71. The number of nitrogens with zero attached hydrogens (tertiary/aromatic N) is 2. The third kappa shape index (κ3) is 2.64. The second kappa shape index (κ2) is 5.17. The molecule has 2 rings (SSSR count). The number of halogens is 1. The Hall–Kier alpha value is -0.280. The highest BCUT2D eigenvalue weighted by atomic mass is 35.5. The summed E-state index contributed by atoms with van der Waals surface area (Å²) in [7, 11) is 0. The lowest BCUT2D eigenvalue weighted by Crippen LogP contribution is -2.37. The molecule has 0 N–H and O–H groups in total. The number of hydrogen-bond donors (Lipinski definition) is 0. The minimum atomic E-state index is 0.647. The van der Waals surface area contributed by atoms with E-state index in [9.17, 15) is 0 Å². The van der Waals surface area contributed by atoms with Crippen molar-refractivity contribution < 1.29 is 0 Å². The van der Waals surface area contributed by atoms with Crippen molar-refractivity contribution in [3.8, 4) is 0 Å². The minimum absolute atomic E-state index is 0.647. The highest BCUT2D eigenvalue weighted by Crippen LogP contribution is 2.27. The van der Waals surface area contributed by atoms with Crippen LogP contribution in [0.15, 0.2) is 5.38 Å². The van der Waals surface area contributed by atoms with E-state index in [1.165, 1.54) is 24.4 Å². The third-order valence-corrected chi connectivity index (χ3v) is 4.05. The van der Waals surface area contributed by atoms with Crippen molar-refractivity contribution in [1.82, 2.24) is 4.98 Å². The van der Waals surface area contributed by atoms with Crippen molar-refractivity contribution in [2.45, 2.75) is 38.6 Å². The van der Waals surface area contributed by atoms with Gasteiger partial charge in [0.2, 0.25) is 0 Å². The first-order valence-corrected chi connectivity index (χ1v) is 6.99. The second-order valence-electron chi connectivity index (χ2n) is 4.10. The molecule has 2 nitrogen and oxygen atoms in total. The van der Waals surface area contributed by atoms with Gasteiger partial charge in [-0.2, -0.15) is 0 Å². The quantitative estimate of drug-likeness (QED) is 0.759. The molecule has 1 unspecified atom stereocenters. The molecule has 2 heterocycles. The maximum Gasteiger partial charge on any atom is 0.185 e. The Morgan fingerprint density at radius 2 is 2.47 bits per heavy atom. The van der Waals surface area contributed by atoms with E-state index in [1.54, 1.807) is 11.3 Å². The first-order valence-electron chi connectivity index (χ1n) is 5.58. The molecular weight excluding hydrogens is 228 g/mol. The number of alkyl halides is 1. The number of hydrogen-bond acceptors (Lipinski definition) is 3. The summed E-state index contributed by atoms with van der Waals surface area (Å²) < 4.78 is 0. The van der Waals surface area contributed by atoms with Crippen molar-refractivity contribution in [2.24, 2.45) is 0 Å². The Balaban J connectivity index is 2.06. The van der Waals surface area contributed by atoms with Crippen LogP contribution < -0.4 is 4.90 Å². The number of aromatic nitrogens is 1. The predicted molar refractivity (Wildman–Crippen MR) is 67.2 cm³/mol. The Morgan fingerprint density at radius 1 is 1.60 bits per heavy atom. The van der Waals surface area contributed by atoms with Crippen molar-refractivity contribution >= 4 is 28.1 Å². The topological polar surface area (TPSA) is 16.1 Å². The predicted octanol–water partition coefficient (Wildman–Crippen LogP) is 3.30. The Morgan fingerprint density at radius 3 is 3.20 bits per heavy atom. The molecule has 0 saturated carbocycles. The fourth-order valence-electron chi connectivity index (χ4n) is 2.02. The highest BCUT2D eigenvalue weighted by molar-refractivity contribution is 7.13. The van der Waals surface area contributed by atoms with Crippen molar-refractivity contribution in [1.29, 1.82) is 0 Å². The summed E-state index contributed by atoms with van der Waals surface area (Å²) in [6.45, 7) is 3.46. The summed E-state index contributed by atoms with van der Waals surface area (Å²) in [6.07, 6.45) is 4.84. The van der Waals surface area contributed by atoms with Crippen LogP contribution in [0.25, 0.3) is 0 Å². The molecule has 4 heteroatoms. The first-order chi connectivity index (χ1) is 7.31. The van der Waals surface area contributed by atoms with Gasteiger partial charge in [0, 0.05) is 30.3 Å². The van der Waals surface area contributed by atoms with Crippen LogP contribution in [0, 0.1) is 0 Å². The molecule has 84 valence electrons. The Bertz CT molecular complexity index is 313. The summed E-state index contributed by atoms with van der Waals surface area (Å²) in [5, 5.41) is 3.32. The largest absolute Gasteiger partial charge is 0.345 e. The Labute approximate surface area is 100 Å². The van der Waals surface area contributed by atoms with E-state index in [1.807, 2.05) is 0 Å². The molecular formula is C11H17ClN2S. The fraction of sp³-hybridized carbons (Fsp3) is 0.727. The van der Waals surface area contributed by atoms with Gasteiger partial charge in [0.1, 0.15) is 0 Å². The number of anilines is 1. The molecule has 0 aliphatic carbocycles. The monoisotopic (exact) mass is 244 g/mol. The van der Waals surface area contributed by atoms with Crippen LogP contribution >= 0.6 is 22.9 Å². The number of rotatable bonds is 3. The zero-order valence-corrected chi connectivity index (χ0v) is 10.7. The van der Waals surface area contributed by atoms with Gasteiger partial charge in [-0.05, 0) is 26.2 Å². The van der Waals surface area contributed by atoms with Gasteiger partial charge in [0.15, 0.2) is 5.13 Å². The van der Waals surface area contributed by atoms with Crippen LogP contribution in [0.3, 0.4) is 0 Å². The van der Waals surface area contributed by atoms with Crippen LogP contribution in [0.1, 0.15) is 31.9 Å². The minimum Gasteiger partial charge on any atom is -0.345 e. The molecule has 1 aliphatic heterocycles. The lowest BCUT2D eigenvalue weighted by molar-refractivity contribution is 0.484. The molecule has 1 aliphatic rings. The smallest absolute Gasteiger partial charge is 0.185 e. The summed E-state index contributed by atoms with van der Waals surface area (Å²) in [6, 6.07) is 0.647. The molecule has 0 radical (unpaired) electrons. The molecule has 0 aromatic carbocycles. The van der Waals surface area contributed by atoms with Crippen molar-refractivity contribution in [3.63, 3.8) is 0 Å². The number of piperidine rings is 1. The van der Waals surface area contributed by atoms with Gasteiger partial charge in [0.05, 0.1) is 5.69 Å². The number of thiazole rings is 1. The van der Waals surface area contributed by atoms with Gasteiger partial charge in [-0.25, -0.2) is 4.98 Å². The van der Waals surface area contributed by atoms with Crippen LogP contribution in [-0.4, -0.2) is 23.5 Å². The van der Waals surface area contributed by atoms with Gasteiger partial charge < -0.3 is 4.90 Å². The molecule has 0 spiro atoms. The van der Waals surface area contributed by atoms with E-state index in [0.717, 1.165) is 18.7 Å². The highest BCUT2D eigenvalue weighted by Gasteiger charge is 2.20. The average molecular weight is 245 g/mol. The lowest BCUT2D eigenvalue weighted by atomic mass is 10.1. The molecule has 15 heavy (non-hydrogen) atoms. The van der Waals surface area contributed by atoms with Gasteiger partial charge in [-0.15, -0.1) is 22.9 Å². The van der Waals surface area contributed by atoms with Crippen LogP contribution in [0.2, 0.25) is 0 Å². The Kier molecular flexibility index (Phi) is 3.87. The van der Waals surface area contributed by atoms with Gasteiger partial charge in [0.25, 0.3) is 0 Å². The molecule has 1 aromatic rings. The average Bonchev–Trinajstić information content (AvgIpc) is 2.68. The third-order valence-electron chi connectivity index (χ3n) is 2.94. The SMILES string of the molecule is CC1CCCCN1c1nc(CCCl)cs1. The maximum atomic E-state index is 5.71. The van der Waals surface area contributed by atoms with Gasteiger partial charge in [-0.1, -0.05) is 0 Å². The van der Waals surface area contributed by atoms with E-state index < -0.39 is 0 Å². The normalized spacial score (nSPS) is 22.0.